The fourth-order valence-corrected chi connectivity index (χ4v) is 2.05. The maximum Gasteiger partial charge on any atom is 0.0630 e. The maximum absolute atomic E-state index is 9.34. The lowest BCUT2D eigenvalue weighted by atomic mass is 9.99. The quantitative estimate of drug-likeness (QED) is 0.425. The molecule has 0 aromatic rings. The van der Waals surface area contributed by atoms with E-state index in [0.29, 0.717) is 5.92 Å². The van der Waals surface area contributed by atoms with E-state index in [1.807, 2.05) is 0 Å². The van der Waals surface area contributed by atoms with Crippen molar-refractivity contribution in [2.24, 2.45) is 23.3 Å². The van der Waals surface area contributed by atoms with Gasteiger partial charge in [-0.05, 0) is 12.8 Å². The lowest BCUT2D eigenvalue weighted by molar-refractivity contribution is 0.141. The summed E-state index contributed by atoms with van der Waals surface area (Å²) in [4.78, 5) is 0. The number of rotatable bonds is 0. The molecular formula is C7H12N2O. The predicted octanol–water partition coefficient (Wildman–Crippen LogP) is -0.484. The first-order valence-corrected chi connectivity index (χ1v) is 3.63. The number of aliphatic hydroxyl groups excluding tert-OH is 1. The molecule has 0 spiro atoms. The second-order valence-electron chi connectivity index (χ2n) is 3.25. The third-order valence-electron chi connectivity index (χ3n) is 2.70. The molecule has 0 aliphatic heterocycles. The molecule has 0 saturated heterocycles. The molecule has 5 N–H and O–H groups in total. The smallest absolute Gasteiger partial charge is 0.0630 e. The molecule has 0 radical (unpaired) electrons. The number of nitrogens with two attached hydrogens (primary N) is 2. The van der Waals surface area contributed by atoms with E-state index in [2.05, 4.69) is 0 Å². The molecule has 56 valence electrons. The van der Waals surface area contributed by atoms with Crippen molar-refractivity contribution in [1.82, 2.24) is 0 Å². The highest BCUT2D eigenvalue weighted by atomic mass is 16.3. The monoisotopic (exact) mass is 140 g/mol. The fourth-order valence-electron chi connectivity index (χ4n) is 2.05. The number of hydrogen-bond donors (Lipinski definition) is 3. The second kappa shape index (κ2) is 1.66. The molecule has 2 bridgehead atoms. The van der Waals surface area contributed by atoms with E-state index < -0.39 is 0 Å². The van der Waals surface area contributed by atoms with Gasteiger partial charge in [-0.15, -0.1) is 0 Å². The topological polar surface area (TPSA) is 72.3 Å². The third kappa shape index (κ3) is 0.534. The van der Waals surface area contributed by atoms with Crippen LogP contribution in [0.25, 0.3) is 0 Å². The Bertz CT molecular complexity index is 200. The first kappa shape index (κ1) is 6.04. The molecular weight excluding hydrogens is 128 g/mol. The molecule has 2 aliphatic rings. The van der Waals surface area contributed by atoms with Gasteiger partial charge in [-0.3, -0.25) is 0 Å². The summed E-state index contributed by atoms with van der Waals surface area (Å²) >= 11 is 0. The summed E-state index contributed by atoms with van der Waals surface area (Å²) in [5.41, 5.74) is 12.9. The van der Waals surface area contributed by atoms with Crippen molar-refractivity contribution in [3.05, 3.63) is 11.4 Å². The zero-order valence-corrected chi connectivity index (χ0v) is 5.75. The Hall–Kier alpha value is -0.700. The van der Waals surface area contributed by atoms with Crippen LogP contribution < -0.4 is 11.5 Å². The van der Waals surface area contributed by atoms with E-state index in [4.69, 9.17) is 11.5 Å². The lowest BCUT2D eigenvalue weighted by Gasteiger charge is -2.18. The minimum absolute atomic E-state index is 0.171. The standard InChI is InChI=1S/C7H12N2O/c8-6-3-1-4(7(6)9)5(10)2-3/h3-5,10H,1-2,8-9H2. The summed E-state index contributed by atoms with van der Waals surface area (Å²) in [6.07, 6.45) is 1.56. The molecule has 3 atom stereocenters. The molecule has 1 saturated carbocycles. The normalized spacial score (nSPS) is 45.1. The highest BCUT2D eigenvalue weighted by Crippen LogP contribution is 2.44. The summed E-state index contributed by atoms with van der Waals surface area (Å²) in [6, 6.07) is 0. The van der Waals surface area contributed by atoms with E-state index in [0.717, 1.165) is 24.2 Å². The SMILES string of the molecule is NC1=C(N)C2CC1CC2O. The lowest BCUT2D eigenvalue weighted by Crippen LogP contribution is -2.25. The van der Waals surface area contributed by atoms with Crippen LogP contribution in [0.15, 0.2) is 11.4 Å². The highest BCUT2D eigenvalue weighted by Gasteiger charge is 2.42. The zero-order chi connectivity index (χ0) is 7.30. The van der Waals surface area contributed by atoms with Gasteiger partial charge in [-0.1, -0.05) is 0 Å². The van der Waals surface area contributed by atoms with E-state index >= 15 is 0 Å². The van der Waals surface area contributed by atoms with Crippen molar-refractivity contribution >= 4 is 0 Å². The van der Waals surface area contributed by atoms with Gasteiger partial charge in [0.25, 0.3) is 0 Å². The second-order valence-corrected chi connectivity index (χ2v) is 3.25. The van der Waals surface area contributed by atoms with Gasteiger partial charge in [0.15, 0.2) is 0 Å². The molecule has 0 amide bonds. The van der Waals surface area contributed by atoms with Gasteiger partial charge in [0, 0.05) is 23.2 Å². The fraction of sp³-hybridized carbons (Fsp3) is 0.714. The Morgan fingerprint density at radius 2 is 1.90 bits per heavy atom. The average molecular weight is 140 g/mol. The van der Waals surface area contributed by atoms with Gasteiger partial charge in [-0.25, -0.2) is 0 Å². The van der Waals surface area contributed by atoms with Crippen molar-refractivity contribution in [2.45, 2.75) is 18.9 Å². The van der Waals surface area contributed by atoms with Crippen LogP contribution in [0, 0.1) is 11.8 Å². The first-order chi connectivity index (χ1) is 4.70. The largest absolute Gasteiger partial charge is 0.400 e. The Morgan fingerprint density at radius 3 is 2.30 bits per heavy atom. The minimum Gasteiger partial charge on any atom is -0.400 e. The molecule has 10 heavy (non-hydrogen) atoms. The first-order valence-electron chi connectivity index (χ1n) is 3.63. The molecule has 3 unspecified atom stereocenters. The van der Waals surface area contributed by atoms with E-state index in [1.54, 1.807) is 0 Å². The van der Waals surface area contributed by atoms with Crippen LogP contribution >= 0.6 is 0 Å². The predicted molar refractivity (Wildman–Crippen MR) is 37.6 cm³/mol. The van der Waals surface area contributed by atoms with Crippen molar-refractivity contribution in [2.75, 3.05) is 0 Å². The van der Waals surface area contributed by atoms with E-state index in [1.165, 1.54) is 0 Å². The van der Waals surface area contributed by atoms with Gasteiger partial charge >= 0.3 is 0 Å². The summed E-state index contributed by atoms with van der Waals surface area (Å²) in [7, 11) is 0. The summed E-state index contributed by atoms with van der Waals surface area (Å²) in [5.74, 6) is 0.546. The van der Waals surface area contributed by atoms with Crippen LogP contribution in [0.2, 0.25) is 0 Å². The molecule has 2 aliphatic carbocycles. The molecule has 2 rings (SSSR count). The molecule has 3 heteroatoms. The number of allylic oxidation sites excluding steroid dienone is 1. The van der Waals surface area contributed by atoms with Gasteiger partial charge < -0.3 is 16.6 Å². The summed E-state index contributed by atoms with van der Waals surface area (Å²) in [5, 5.41) is 9.34. The Kier molecular flexibility index (Phi) is 1.01. The van der Waals surface area contributed by atoms with E-state index in [-0.39, 0.29) is 12.0 Å². The Morgan fingerprint density at radius 1 is 1.20 bits per heavy atom. The van der Waals surface area contributed by atoms with Gasteiger partial charge in [0.1, 0.15) is 0 Å². The van der Waals surface area contributed by atoms with Gasteiger partial charge in [-0.2, -0.15) is 0 Å². The van der Waals surface area contributed by atoms with Crippen molar-refractivity contribution in [1.29, 1.82) is 0 Å². The van der Waals surface area contributed by atoms with Crippen LogP contribution in [-0.2, 0) is 0 Å². The summed E-state index contributed by atoms with van der Waals surface area (Å²) < 4.78 is 0. The van der Waals surface area contributed by atoms with Crippen molar-refractivity contribution in [3.63, 3.8) is 0 Å². The zero-order valence-electron chi connectivity index (χ0n) is 5.75. The van der Waals surface area contributed by atoms with Crippen LogP contribution in [0.5, 0.6) is 0 Å². The number of aliphatic hydroxyl groups is 1. The van der Waals surface area contributed by atoms with Crippen LogP contribution in [-0.4, -0.2) is 11.2 Å². The van der Waals surface area contributed by atoms with Gasteiger partial charge in [0.05, 0.1) is 6.10 Å². The van der Waals surface area contributed by atoms with Crippen molar-refractivity contribution in [3.8, 4) is 0 Å². The maximum atomic E-state index is 9.34. The average Bonchev–Trinajstić information content (AvgIpc) is 2.36. The van der Waals surface area contributed by atoms with Crippen molar-refractivity contribution < 1.29 is 5.11 Å². The van der Waals surface area contributed by atoms with E-state index in [9.17, 15) is 5.11 Å². The van der Waals surface area contributed by atoms with Crippen LogP contribution in [0.4, 0.5) is 0 Å². The highest BCUT2D eigenvalue weighted by molar-refractivity contribution is 5.26. The minimum atomic E-state index is -0.225. The summed E-state index contributed by atoms with van der Waals surface area (Å²) in [6.45, 7) is 0. The molecule has 0 heterocycles. The third-order valence-corrected chi connectivity index (χ3v) is 2.70. The Labute approximate surface area is 59.7 Å². The van der Waals surface area contributed by atoms with Gasteiger partial charge in [0.2, 0.25) is 0 Å². The number of hydrogen-bond acceptors (Lipinski definition) is 3. The molecule has 3 nitrogen and oxygen atoms in total. The van der Waals surface area contributed by atoms with Crippen LogP contribution in [0.3, 0.4) is 0 Å². The Balaban J connectivity index is 2.34. The number of fused-ring (bicyclic) bond motifs is 2. The molecule has 1 fully saturated rings. The molecule has 0 aromatic carbocycles. The molecule has 0 aromatic heterocycles. The van der Waals surface area contributed by atoms with Crippen LogP contribution in [0.1, 0.15) is 12.8 Å².